The van der Waals surface area contributed by atoms with Crippen molar-refractivity contribution in [2.75, 3.05) is 0 Å². The standard InChI is InChI=1S/C16H10Cl2FN3/c17-14-11(9-10-5-1-2-6-12(10)19)15(18)22-16(21-14)13-7-3-4-8-20-13/h1-8H,9H2. The zero-order chi connectivity index (χ0) is 15.5. The molecule has 0 amide bonds. The summed E-state index contributed by atoms with van der Waals surface area (Å²) in [5, 5.41) is 0.396. The van der Waals surface area contributed by atoms with E-state index in [4.69, 9.17) is 23.2 Å². The second kappa shape index (κ2) is 6.38. The SMILES string of the molecule is Fc1ccccc1Cc1c(Cl)nc(-c2ccccn2)nc1Cl. The van der Waals surface area contributed by atoms with Crippen molar-refractivity contribution in [2.24, 2.45) is 0 Å². The van der Waals surface area contributed by atoms with E-state index in [9.17, 15) is 4.39 Å². The lowest BCUT2D eigenvalue weighted by molar-refractivity contribution is 0.614. The fourth-order valence-corrected chi connectivity index (χ4v) is 2.54. The lowest BCUT2D eigenvalue weighted by atomic mass is 10.1. The predicted octanol–water partition coefficient (Wildman–Crippen LogP) is 4.58. The van der Waals surface area contributed by atoms with E-state index in [1.807, 2.05) is 6.07 Å². The molecule has 0 spiro atoms. The lowest BCUT2D eigenvalue weighted by Crippen LogP contribution is -2.01. The van der Waals surface area contributed by atoms with Crippen molar-refractivity contribution >= 4 is 23.2 Å². The van der Waals surface area contributed by atoms with Gasteiger partial charge in [-0.3, -0.25) is 4.98 Å². The van der Waals surface area contributed by atoms with Gasteiger partial charge in [0, 0.05) is 18.2 Å². The van der Waals surface area contributed by atoms with E-state index in [0.29, 0.717) is 22.6 Å². The molecular formula is C16H10Cl2FN3. The maximum atomic E-state index is 13.7. The Morgan fingerprint density at radius 3 is 2.23 bits per heavy atom. The Hall–Kier alpha value is -2.04. The number of pyridine rings is 1. The van der Waals surface area contributed by atoms with Crippen LogP contribution in [0.25, 0.3) is 11.5 Å². The minimum atomic E-state index is -0.316. The van der Waals surface area contributed by atoms with Crippen LogP contribution in [-0.2, 0) is 6.42 Å². The van der Waals surface area contributed by atoms with Gasteiger partial charge in [-0.1, -0.05) is 47.5 Å². The topological polar surface area (TPSA) is 38.7 Å². The normalized spacial score (nSPS) is 10.7. The molecule has 1 aromatic carbocycles. The second-order valence-corrected chi connectivity index (χ2v) is 5.31. The minimum absolute atomic E-state index is 0.198. The molecule has 0 unspecified atom stereocenters. The highest BCUT2D eigenvalue weighted by atomic mass is 35.5. The molecule has 0 fully saturated rings. The van der Waals surface area contributed by atoms with Crippen LogP contribution in [0.4, 0.5) is 4.39 Å². The number of rotatable bonds is 3. The molecule has 3 aromatic rings. The Morgan fingerprint density at radius 1 is 0.909 bits per heavy atom. The number of benzene rings is 1. The average molecular weight is 334 g/mol. The third-order valence-electron chi connectivity index (χ3n) is 3.13. The first-order chi connectivity index (χ1) is 10.6. The van der Waals surface area contributed by atoms with E-state index in [2.05, 4.69) is 15.0 Å². The number of halogens is 3. The third kappa shape index (κ3) is 3.08. The van der Waals surface area contributed by atoms with Crippen molar-refractivity contribution in [1.82, 2.24) is 15.0 Å². The molecule has 3 rings (SSSR count). The third-order valence-corrected chi connectivity index (χ3v) is 3.75. The fraction of sp³-hybridized carbons (Fsp3) is 0.0625. The van der Waals surface area contributed by atoms with Crippen LogP contribution in [0.15, 0.2) is 48.7 Å². The van der Waals surface area contributed by atoms with Crippen molar-refractivity contribution in [3.05, 3.63) is 75.9 Å². The van der Waals surface area contributed by atoms with Crippen LogP contribution >= 0.6 is 23.2 Å². The summed E-state index contributed by atoms with van der Waals surface area (Å²) in [6.07, 6.45) is 1.86. The minimum Gasteiger partial charge on any atom is -0.253 e. The molecule has 2 heterocycles. The molecular weight excluding hydrogens is 324 g/mol. The molecule has 0 aliphatic rings. The molecule has 0 aliphatic carbocycles. The van der Waals surface area contributed by atoms with Crippen molar-refractivity contribution in [3.8, 4) is 11.5 Å². The van der Waals surface area contributed by atoms with E-state index in [1.54, 1.807) is 36.5 Å². The molecule has 0 saturated carbocycles. The van der Waals surface area contributed by atoms with Crippen molar-refractivity contribution in [1.29, 1.82) is 0 Å². The van der Waals surface area contributed by atoms with Crippen molar-refractivity contribution in [2.45, 2.75) is 6.42 Å². The Morgan fingerprint density at radius 2 is 1.59 bits per heavy atom. The number of hydrogen-bond donors (Lipinski definition) is 0. The van der Waals surface area contributed by atoms with Gasteiger partial charge >= 0.3 is 0 Å². The summed E-state index contributed by atoms with van der Waals surface area (Å²) in [7, 11) is 0. The summed E-state index contributed by atoms with van der Waals surface area (Å²) in [6, 6.07) is 11.8. The van der Waals surface area contributed by atoms with Crippen LogP contribution in [0, 0.1) is 5.82 Å². The summed E-state index contributed by atoms with van der Waals surface area (Å²) in [6.45, 7) is 0. The highest BCUT2D eigenvalue weighted by Gasteiger charge is 2.15. The van der Waals surface area contributed by atoms with Gasteiger partial charge in [-0.2, -0.15) is 0 Å². The summed E-state index contributed by atoms with van der Waals surface area (Å²) < 4.78 is 13.7. The molecule has 0 radical (unpaired) electrons. The van der Waals surface area contributed by atoms with Crippen LogP contribution in [0.2, 0.25) is 10.3 Å². The van der Waals surface area contributed by atoms with Crippen LogP contribution in [0.5, 0.6) is 0 Å². The van der Waals surface area contributed by atoms with E-state index in [-0.39, 0.29) is 22.5 Å². The van der Waals surface area contributed by atoms with E-state index in [0.717, 1.165) is 0 Å². The van der Waals surface area contributed by atoms with Gasteiger partial charge in [0.2, 0.25) is 0 Å². The maximum absolute atomic E-state index is 13.7. The molecule has 0 saturated heterocycles. The lowest BCUT2D eigenvalue weighted by Gasteiger charge is -2.09. The van der Waals surface area contributed by atoms with E-state index in [1.165, 1.54) is 6.07 Å². The Bertz CT molecular complexity index is 786. The summed E-state index contributed by atoms with van der Waals surface area (Å²) in [5.41, 5.74) is 1.55. The monoisotopic (exact) mass is 333 g/mol. The number of aromatic nitrogens is 3. The maximum Gasteiger partial charge on any atom is 0.181 e. The van der Waals surface area contributed by atoms with Crippen LogP contribution < -0.4 is 0 Å². The fourth-order valence-electron chi connectivity index (χ4n) is 2.02. The van der Waals surface area contributed by atoms with Crippen molar-refractivity contribution < 1.29 is 4.39 Å². The van der Waals surface area contributed by atoms with Gasteiger partial charge < -0.3 is 0 Å². The largest absolute Gasteiger partial charge is 0.253 e. The highest BCUT2D eigenvalue weighted by Crippen LogP contribution is 2.27. The molecule has 6 heteroatoms. The zero-order valence-electron chi connectivity index (χ0n) is 11.3. The Kier molecular flexibility index (Phi) is 4.32. The average Bonchev–Trinajstić information content (AvgIpc) is 2.53. The van der Waals surface area contributed by atoms with Crippen LogP contribution in [-0.4, -0.2) is 15.0 Å². The van der Waals surface area contributed by atoms with Crippen LogP contribution in [0.1, 0.15) is 11.1 Å². The first-order valence-electron chi connectivity index (χ1n) is 6.52. The summed E-state index contributed by atoms with van der Waals surface area (Å²) in [5.74, 6) is 0.0244. The molecule has 0 aliphatic heterocycles. The predicted molar refractivity (Wildman–Crippen MR) is 84.5 cm³/mol. The van der Waals surface area contributed by atoms with Gasteiger partial charge in [-0.15, -0.1) is 0 Å². The van der Waals surface area contributed by atoms with E-state index < -0.39 is 0 Å². The molecule has 22 heavy (non-hydrogen) atoms. The highest BCUT2D eigenvalue weighted by molar-refractivity contribution is 6.34. The first-order valence-corrected chi connectivity index (χ1v) is 7.27. The Balaban J connectivity index is 1.99. The van der Waals surface area contributed by atoms with Crippen molar-refractivity contribution in [3.63, 3.8) is 0 Å². The molecule has 0 atom stereocenters. The quantitative estimate of drug-likeness (QED) is 0.658. The summed E-state index contributed by atoms with van der Waals surface area (Å²) in [4.78, 5) is 12.6. The number of nitrogens with zero attached hydrogens (tertiary/aromatic N) is 3. The molecule has 110 valence electrons. The Labute approximate surface area is 136 Å². The molecule has 2 aromatic heterocycles. The van der Waals surface area contributed by atoms with Crippen LogP contribution in [0.3, 0.4) is 0 Å². The first kappa shape index (κ1) is 14.9. The second-order valence-electron chi connectivity index (χ2n) is 4.59. The summed E-state index contributed by atoms with van der Waals surface area (Å²) >= 11 is 12.4. The number of hydrogen-bond acceptors (Lipinski definition) is 3. The van der Waals surface area contributed by atoms with Gasteiger partial charge in [-0.25, -0.2) is 14.4 Å². The smallest absolute Gasteiger partial charge is 0.181 e. The van der Waals surface area contributed by atoms with Gasteiger partial charge in [0.05, 0.1) is 0 Å². The van der Waals surface area contributed by atoms with E-state index >= 15 is 0 Å². The van der Waals surface area contributed by atoms with Gasteiger partial charge in [0.1, 0.15) is 21.8 Å². The van der Waals surface area contributed by atoms with Gasteiger partial charge in [0.25, 0.3) is 0 Å². The molecule has 3 nitrogen and oxygen atoms in total. The van der Waals surface area contributed by atoms with Gasteiger partial charge in [0.15, 0.2) is 5.82 Å². The zero-order valence-corrected chi connectivity index (χ0v) is 12.8. The van der Waals surface area contributed by atoms with Gasteiger partial charge in [-0.05, 0) is 23.8 Å². The molecule has 0 N–H and O–H groups in total. The molecule has 0 bridgehead atoms.